The summed E-state index contributed by atoms with van der Waals surface area (Å²) < 4.78 is 1.54. The summed E-state index contributed by atoms with van der Waals surface area (Å²) in [6, 6.07) is 0. The van der Waals surface area contributed by atoms with Crippen molar-refractivity contribution in [1.29, 1.82) is 0 Å². The number of rotatable bonds is 2. The van der Waals surface area contributed by atoms with Gasteiger partial charge in [0.25, 0.3) is 5.56 Å². The average molecular weight is 293 g/mol. The predicted molar refractivity (Wildman–Crippen MR) is 85.9 cm³/mol. The van der Waals surface area contributed by atoms with Gasteiger partial charge in [0.1, 0.15) is 5.03 Å². The predicted octanol–water partition coefficient (Wildman–Crippen LogP) is 2.53. The average Bonchev–Trinajstić information content (AvgIpc) is 2.93. The van der Waals surface area contributed by atoms with Crippen molar-refractivity contribution in [2.75, 3.05) is 18.8 Å². The van der Waals surface area contributed by atoms with Crippen LogP contribution >= 0.6 is 11.8 Å². The fourth-order valence-corrected chi connectivity index (χ4v) is 3.34. The normalized spacial score (nSPS) is 15.7. The van der Waals surface area contributed by atoms with E-state index in [1.807, 2.05) is 6.08 Å². The molecule has 2 heterocycles. The summed E-state index contributed by atoms with van der Waals surface area (Å²) in [6.07, 6.45) is 1.84. The molecule has 20 heavy (non-hydrogen) atoms. The first-order valence-electron chi connectivity index (χ1n) is 6.98. The van der Waals surface area contributed by atoms with Gasteiger partial charge in [0.2, 0.25) is 0 Å². The van der Waals surface area contributed by atoms with Gasteiger partial charge in [-0.25, -0.2) is 0 Å². The van der Waals surface area contributed by atoms with Crippen LogP contribution in [0.4, 0.5) is 0 Å². The van der Waals surface area contributed by atoms with E-state index in [0.717, 1.165) is 35.1 Å². The van der Waals surface area contributed by atoms with Gasteiger partial charge in [-0.2, -0.15) is 0 Å². The molecule has 0 atom stereocenters. The Labute approximate surface area is 124 Å². The van der Waals surface area contributed by atoms with Crippen molar-refractivity contribution in [3.8, 4) is 0 Å². The number of aryl methyl sites for hydroxylation is 1. The van der Waals surface area contributed by atoms with Crippen molar-refractivity contribution < 1.29 is 0 Å². The minimum atomic E-state index is -0.0914. The molecule has 1 N–H and O–H groups in total. The number of hydrogen-bond donors (Lipinski definition) is 1. The van der Waals surface area contributed by atoms with Crippen molar-refractivity contribution >= 4 is 17.8 Å². The highest BCUT2D eigenvalue weighted by Crippen LogP contribution is 2.27. The number of thioether (sulfide) groups is 1. The molecule has 0 saturated carbocycles. The van der Waals surface area contributed by atoms with Crippen molar-refractivity contribution in [3.63, 3.8) is 0 Å². The SMILES string of the molecule is CCN1CCSC1=C=Cc1c(C(C)(C)C)[nH]n(C)c1=O. The second kappa shape index (κ2) is 5.58. The quantitative estimate of drug-likeness (QED) is 0.852. The van der Waals surface area contributed by atoms with Crippen molar-refractivity contribution in [2.24, 2.45) is 7.05 Å². The summed E-state index contributed by atoms with van der Waals surface area (Å²) in [5.74, 6) is 1.10. The van der Waals surface area contributed by atoms with E-state index in [1.165, 1.54) is 4.68 Å². The van der Waals surface area contributed by atoms with Crippen molar-refractivity contribution in [2.45, 2.75) is 33.1 Å². The minimum Gasteiger partial charge on any atom is -0.359 e. The molecule has 0 unspecified atom stereocenters. The summed E-state index contributed by atoms with van der Waals surface area (Å²) in [7, 11) is 1.75. The maximum absolute atomic E-state index is 12.2. The van der Waals surface area contributed by atoms with Gasteiger partial charge in [-0.3, -0.25) is 14.6 Å². The molecule has 1 aromatic rings. The first kappa shape index (κ1) is 15.1. The summed E-state index contributed by atoms with van der Waals surface area (Å²) >= 11 is 1.80. The molecule has 1 aliphatic rings. The summed E-state index contributed by atoms with van der Waals surface area (Å²) in [6.45, 7) is 10.5. The van der Waals surface area contributed by atoms with Crippen LogP contribution in [-0.2, 0) is 12.5 Å². The lowest BCUT2D eigenvalue weighted by atomic mass is 9.89. The molecular weight excluding hydrogens is 270 g/mol. The second-order valence-corrected chi connectivity index (χ2v) is 7.12. The zero-order chi connectivity index (χ0) is 14.9. The maximum Gasteiger partial charge on any atom is 0.274 e. The molecule has 0 spiro atoms. The number of aromatic nitrogens is 2. The summed E-state index contributed by atoms with van der Waals surface area (Å²) in [5.41, 5.74) is 4.91. The molecule has 0 aromatic carbocycles. The van der Waals surface area contributed by atoms with Crippen LogP contribution in [0.5, 0.6) is 0 Å². The molecule has 0 amide bonds. The van der Waals surface area contributed by atoms with Crippen LogP contribution in [0.2, 0.25) is 0 Å². The first-order chi connectivity index (χ1) is 9.34. The van der Waals surface area contributed by atoms with E-state index >= 15 is 0 Å². The molecule has 110 valence electrons. The molecule has 0 aliphatic carbocycles. The molecule has 1 aliphatic heterocycles. The fraction of sp³-hybridized carbons (Fsp3) is 0.600. The van der Waals surface area contributed by atoms with Crippen molar-refractivity contribution in [1.82, 2.24) is 14.7 Å². The molecule has 0 bridgehead atoms. The lowest BCUT2D eigenvalue weighted by molar-refractivity contribution is 0.426. The standard InChI is InChI=1S/C15H23N3OS/c1-6-18-9-10-20-12(18)8-7-11-13(15(2,3)4)16-17(5)14(11)19/h7,16H,6,9-10H2,1-5H3. The molecule has 1 saturated heterocycles. The fourth-order valence-electron chi connectivity index (χ4n) is 2.29. The van der Waals surface area contributed by atoms with E-state index in [2.05, 4.69) is 43.4 Å². The van der Waals surface area contributed by atoms with Gasteiger partial charge < -0.3 is 4.90 Å². The smallest absolute Gasteiger partial charge is 0.274 e. The highest BCUT2D eigenvalue weighted by Gasteiger charge is 2.22. The molecule has 0 radical (unpaired) electrons. The van der Waals surface area contributed by atoms with Crippen LogP contribution < -0.4 is 5.56 Å². The van der Waals surface area contributed by atoms with Gasteiger partial charge in [0.05, 0.1) is 11.3 Å². The lowest BCUT2D eigenvalue weighted by Crippen LogP contribution is -2.17. The van der Waals surface area contributed by atoms with E-state index in [9.17, 15) is 4.79 Å². The largest absolute Gasteiger partial charge is 0.359 e. The van der Waals surface area contributed by atoms with Crippen LogP contribution in [0.1, 0.15) is 39.0 Å². The summed E-state index contributed by atoms with van der Waals surface area (Å²) in [5, 5.41) is 4.29. The Hall–Kier alpha value is -1.32. The summed E-state index contributed by atoms with van der Waals surface area (Å²) in [4.78, 5) is 14.5. The number of hydrogen-bond acceptors (Lipinski definition) is 3. The zero-order valence-corrected chi connectivity index (χ0v) is 13.7. The topological polar surface area (TPSA) is 41.0 Å². The van der Waals surface area contributed by atoms with Crippen molar-refractivity contribution in [3.05, 3.63) is 32.4 Å². The molecule has 2 rings (SSSR count). The number of aromatic amines is 1. The van der Waals surface area contributed by atoms with Crippen LogP contribution in [0.3, 0.4) is 0 Å². The monoisotopic (exact) mass is 293 g/mol. The second-order valence-electron chi connectivity index (χ2n) is 6.04. The van der Waals surface area contributed by atoms with Gasteiger partial charge in [-0.1, -0.05) is 38.3 Å². The highest BCUT2D eigenvalue weighted by molar-refractivity contribution is 8.03. The van der Waals surface area contributed by atoms with E-state index in [-0.39, 0.29) is 11.0 Å². The number of H-pyrrole nitrogens is 1. The van der Waals surface area contributed by atoms with Gasteiger partial charge in [-0.15, -0.1) is 0 Å². The van der Waals surface area contributed by atoms with E-state index in [0.29, 0.717) is 0 Å². The van der Waals surface area contributed by atoms with Gasteiger partial charge >= 0.3 is 0 Å². The van der Waals surface area contributed by atoms with Crippen LogP contribution in [-0.4, -0.2) is 33.5 Å². The third-order valence-corrected chi connectivity index (χ3v) is 4.48. The van der Waals surface area contributed by atoms with E-state index in [4.69, 9.17) is 0 Å². The van der Waals surface area contributed by atoms with Crippen LogP contribution in [0, 0.1) is 0 Å². The highest BCUT2D eigenvalue weighted by atomic mass is 32.2. The Bertz CT molecular complexity index is 612. The molecule has 1 fully saturated rings. The molecule has 4 nitrogen and oxygen atoms in total. The van der Waals surface area contributed by atoms with Crippen LogP contribution in [0.25, 0.3) is 6.08 Å². The molecule has 1 aromatic heterocycles. The lowest BCUT2D eigenvalue weighted by Gasteiger charge is -2.17. The van der Waals surface area contributed by atoms with Crippen LogP contribution in [0.15, 0.2) is 15.6 Å². The van der Waals surface area contributed by atoms with E-state index in [1.54, 1.807) is 18.8 Å². The number of nitrogens with zero attached hydrogens (tertiary/aromatic N) is 2. The third kappa shape index (κ3) is 2.89. The Morgan fingerprint density at radius 3 is 2.75 bits per heavy atom. The van der Waals surface area contributed by atoms with Gasteiger partial charge in [-0.05, 0) is 13.0 Å². The Morgan fingerprint density at radius 1 is 1.45 bits per heavy atom. The zero-order valence-electron chi connectivity index (χ0n) is 12.9. The van der Waals surface area contributed by atoms with Gasteiger partial charge in [0, 0.05) is 31.3 Å². The third-order valence-electron chi connectivity index (χ3n) is 3.44. The van der Waals surface area contributed by atoms with Gasteiger partial charge in [0.15, 0.2) is 0 Å². The first-order valence-corrected chi connectivity index (χ1v) is 7.97. The molecule has 5 heteroatoms. The van der Waals surface area contributed by atoms with E-state index < -0.39 is 0 Å². The Balaban J connectivity index is 2.49. The Morgan fingerprint density at radius 2 is 2.15 bits per heavy atom. The Kier molecular flexibility index (Phi) is 4.21. The minimum absolute atomic E-state index is 0.00840. The molecular formula is C15H23N3OS. The number of nitrogens with one attached hydrogen (secondary N) is 1. The maximum atomic E-state index is 12.2.